The van der Waals surface area contributed by atoms with E-state index in [4.69, 9.17) is 9.47 Å². The number of rotatable bonds is 5. The van der Waals surface area contributed by atoms with E-state index in [1.54, 1.807) is 7.11 Å². The second-order valence-electron chi connectivity index (χ2n) is 11.3. The van der Waals surface area contributed by atoms with Crippen molar-refractivity contribution >= 4 is 16.8 Å². The quantitative estimate of drug-likeness (QED) is 0.682. The van der Waals surface area contributed by atoms with Crippen molar-refractivity contribution in [1.29, 1.82) is 0 Å². The molecule has 6 rings (SSSR count). The number of hydrogen-bond acceptors (Lipinski definition) is 5. The maximum Gasteiger partial charge on any atom is 0.225 e. The molecule has 1 spiro atoms. The number of aliphatic hydroxyl groups excluding tert-OH is 1. The lowest BCUT2D eigenvalue weighted by atomic mass is 9.68. The van der Waals surface area contributed by atoms with E-state index in [0.29, 0.717) is 25.0 Å². The molecule has 1 saturated carbocycles. The van der Waals surface area contributed by atoms with E-state index < -0.39 is 0 Å². The molecule has 0 unspecified atom stereocenters. The van der Waals surface area contributed by atoms with Crippen LogP contribution >= 0.6 is 0 Å². The predicted octanol–water partition coefficient (Wildman–Crippen LogP) is 3.61. The van der Waals surface area contributed by atoms with E-state index in [1.165, 1.54) is 43.1 Å². The van der Waals surface area contributed by atoms with Gasteiger partial charge < -0.3 is 24.5 Å². The van der Waals surface area contributed by atoms with Crippen molar-refractivity contribution in [3.05, 3.63) is 29.5 Å². The number of aromatic nitrogens is 1. The first kappa shape index (κ1) is 23.3. The van der Waals surface area contributed by atoms with E-state index in [9.17, 15) is 9.90 Å². The van der Waals surface area contributed by atoms with Gasteiger partial charge in [-0.1, -0.05) is 19.3 Å². The summed E-state index contributed by atoms with van der Waals surface area (Å²) in [7, 11) is 1.69. The third-order valence-electron chi connectivity index (χ3n) is 9.10. The summed E-state index contributed by atoms with van der Waals surface area (Å²) in [4.78, 5) is 21.6. The Balaban J connectivity index is 1.34. The maximum absolute atomic E-state index is 13.3. The molecule has 1 atom stereocenters. The first-order valence-corrected chi connectivity index (χ1v) is 13.5. The van der Waals surface area contributed by atoms with Crippen LogP contribution in [0.1, 0.15) is 62.2 Å². The van der Waals surface area contributed by atoms with Gasteiger partial charge in [0.05, 0.1) is 19.8 Å². The zero-order valence-electron chi connectivity index (χ0n) is 20.9. The molecule has 1 aromatic carbocycles. The van der Waals surface area contributed by atoms with Crippen molar-refractivity contribution in [2.45, 2.75) is 56.4 Å². The van der Waals surface area contributed by atoms with Gasteiger partial charge >= 0.3 is 0 Å². The molecule has 2 aromatic rings. The number of hydrogen-bond donors (Lipinski definition) is 2. The van der Waals surface area contributed by atoms with Gasteiger partial charge in [-0.2, -0.15) is 0 Å². The van der Waals surface area contributed by atoms with Crippen molar-refractivity contribution in [2.24, 2.45) is 11.8 Å². The Hall–Kier alpha value is -2.09. The normalized spacial score (nSPS) is 25.5. The van der Waals surface area contributed by atoms with Crippen molar-refractivity contribution in [2.75, 3.05) is 53.1 Å². The average molecular weight is 482 g/mol. The Morgan fingerprint density at radius 2 is 1.91 bits per heavy atom. The van der Waals surface area contributed by atoms with Gasteiger partial charge in [0.1, 0.15) is 5.75 Å². The predicted molar refractivity (Wildman–Crippen MR) is 135 cm³/mol. The molecule has 7 nitrogen and oxygen atoms in total. The number of fused-ring (bicyclic) bond motifs is 4. The summed E-state index contributed by atoms with van der Waals surface area (Å²) in [6.07, 6.45) is 8.22. The number of nitrogens with one attached hydrogen (secondary N) is 1. The lowest BCUT2D eigenvalue weighted by Crippen LogP contribution is -2.68. The molecule has 7 heteroatoms. The zero-order chi connectivity index (χ0) is 24.0. The number of carbonyl (C=O) groups is 1. The molecule has 4 aliphatic rings. The molecule has 0 radical (unpaired) electrons. The minimum absolute atomic E-state index is 0.0313. The summed E-state index contributed by atoms with van der Waals surface area (Å²) < 4.78 is 11.0. The van der Waals surface area contributed by atoms with Crippen LogP contribution in [0.4, 0.5) is 0 Å². The van der Waals surface area contributed by atoms with Gasteiger partial charge in [0.25, 0.3) is 0 Å². The average Bonchev–Trinajstić information content (AvgIpc) is 3.26. The molecule has 35 heavy (non-hydrogen) atoms. The summed E-state index contributed by atoms with van der Waals surface area (Å²) in [6.45, 7) is 4.93. The SMILES string of the molecule is COc1ccc2c3c([nH]c2c1)[C@@H](CO)N(CC1CCCCC1)CC31CN(C(=O)C2CCOCC2)C1. The highest BCUT2D eigenvalue weighted by molar-refractivity contribution is 5.89. The molecule has 1 aliphatic carbocycles. The standard InChI is InChI=1S/C28H39N3O4/c1-34-21-7-8-22-23(13-21)29-26-24(15-32)30(14-19-5-3-2-4-6-19)16-28(25(22)26)17-31(18-28)27(33)20-9-11-35-12-10-20/h7-8,13,19-20,24,29,32H,2-6,9-12,14-18H2,1H3/t24-/m1/s1. The third kappa shape index (κ3) is 4.05. The Labute approximate surface area is 207 Å². The number of H-pyrrole nitrogens is 1. The van der Waals surface area contributed by atoms with Gasteiger partial charge in [-0.15, -0.1) is 0 Å². The Morgan fingerprint density at radius 1 is 1.14 bits per heavy atom. The number of benzene rings is 1. The maximum atomic E-state index is 13.3. The van der Waals surface area contributed by atoms with Crippen molar-refractivity contribution in [3.8, 4) is 5.75 Å². The van der Waals surface area contributed by atoms with Crippen LogP contribution in [0.25, 0.3) is 10.9 Å². The van der Waals surface area contributed by atoms with Crippen LogP contribution in [0.5, 0.6) is 5.75 Å². The fraction of sp³-hybridized carbons (Fsp3) is 0.679. The van der Waals surface area contributed by atoms with Gasteiger partial charge in [-0.25, -0.2) is 0 Å². The Bertz CT molecular complexity index is 1060. The number of ether oxygens (including phenoxy) is 2. The molecular weight excluding hydrogens is 442 g/mol. The minimum Gasteiger partial charge on any atom is -0.497 e. The van der Waals surface area contributed by atoms with E-state index in [2.05, 4.69) is 26.9 Å². The smallest absolute Gasteiger partial charge is 0.225 e. The van der Waals surface area contributed by atoms with Gasteiger partial charge in [-0.3, -0.25) is 9.69 Å². The summed E-state index contributed by atoms with van der Waals surface area (Å²) in [6, 6.07) is 6.21. The number of amides is 1. The number of nitrogens with zero attached hydrogens (tertiary/aromatic N) is 2. The van der Waals surface area contributed by atoms with Gasteiger partial charge in [0.2, 0.25) is 5.91 Å². The highest BCUT2D eigenvalue weighted by atomic mass is 16.5. The molecule has 3 fully saturated rings. The molecule has 1 amide bonds. The van der Waals surface area contributed by atoms with Gasteiger partial charge in [-0.05, 0) is 49.3 Å². The highest BCUT2D eigenvalue weighted by Gasteiger charge is 2.54. The second kappa shape index (κ2) is 9.41. The first-order valence-electron chi connectivity index (χ1n) is 13.5. The molecule has 2 saturated heterocycles. The van der Waals surface area contributed by atoms with Crippen molar-refractivity contribution in [3.63, 3.8) is 0 Å². The van der Waals surface area contributed by atoms with Crippen LogP contribution in [0, 0.1) is 11.8 Å². The summed E-state index contributed by atoms with van der Waals surface area (Å²) >= 11 is 0. The van der Waals surface area contributed by atoms with Crippen LogP contribution in [-0.4, -0.2) is 78.9 Å². The fourth-order valence-corrected chi connectivity index (χ4v) is 7.31. The fourth-order valence-electron chi connectivity index (χ4n) is 7.31. The van der Waals surface area contributed by atoms with Crippen LogP contribution in [0.15, 0.2) is 18.2 Å². The number of methoxy groups -OCH3 is 1. The van der Waals surface area contributed by atoms with Crippen LogP contribution in [-0.2, 0) is 14.9 Å². The number of likely N-dealkylation sites (tertiary alicyclic amines) is 1. The summed E-state index contributed by atoms with van der Waals surface area (Å²) in [5.41, 5.74) is 3.41. The Kier molecular flexibility index (Phi) is 6.27. The molecule has 0 bridgehead atoms. The highest BCUT2D eigenvalue weighted by Crippen LogP contribution is 2.49. The van der Waals surface area contributed by atoms with Crippen molar-refractivity contribution in [1.82, 2.24) is 14.8 Å². The lowest BCUT2D eigenvalue weighted by Gasteiger charge is -2.57. The monoisotopic (exact) mass is 481 g/mol. The molecular formula is C28H39N3O4. The topological polar surface area (TPSA) is 78.0 Å². The van der Waals surface area contributed by atoms with Gasteiger partial charge in [0.15, 0.2) is 0 Å². The van der Waals surface area contributed by atoms with Crippen LogP contribution in [0.3, 0.4) is 0 Å². The first-order chi connectivity index (χ1) is 17.1. The van der Waals surface area contributed by atoms with E-state index in [0.717, 1.165) is 56.0 Å². The number of aromatic amines is 1. The molecule has 3 aliphatic heterocycles. The van der Waals surface area contributed by atoms with E-state index in [1.807, 2.05) is 6.07 Å². The molecule has 1 aromatic heterocycles. The van der Waals surface area contributed by atoms with E-state index >= 15 is 0 Å². The van der Waals surface area contributed by atoms with Crippen molar-refractivity contribution < 1.29 is 19.4 Å². The molecule has 2 N–H and O–H groups in total. The number of carbonyl (C=O) groups excluding carboxylic acids is 1. The second-order valence-corrected chi connectivity index (χ2v) is 11.3. The van der Waals surface area contributed by atoms with Crippen LogP contribution in [0.2, 0.25) is 0 Å². The zero-order valence-corrected chi connectivity index (χ0v) is 20.9. The summed E-state index contributed by atoms with van der Waals surface area (Å²) in [5.74, 6) is 1.92. The van der Waals surface area contributed by atoms with Crippen LogP contribution < -0.4 is 4.74 Å². The molecule has 4 heterocycles. The van der Waals surface area contributed by atoms with Gasteiger partial charge in [0, 0.05) is 73.4 Å². The van der Waals surface area contributed by atoms with E-state index in [-0.39, 0.29) is 24.0 Å². The Morgan fingerprint density at radius 3 is 2.63 bits per heavy atom. The summed E-state index contributed by atoms with van der Waals surface area (Å²) in [5, 5.41) is 11.8. The molecule has 190 valence electrons. The lowest BCUT2D eigenvalue weighted by molar-refractivity contribution is -0.148. The minimum atomic E-state index is -0.0939. The number of aliphatic hydroxyl groups is 1. The largest absolute Gasteiger partial charge is 0.497 e. The third-order valence-corrected chi connectivity index (χ3v) is 9.10.